The maximum absolute atomic E-state index is 8.99. The Morgan fingerprint density at radius 1 is 1.29 bits per heavy atom. The van der Waals surface area contributed by atoms with Gasteiger partial charge in [-0.25, -0.2) is 0 Å². The Hall–Kier alpha value is -1.46. The van der Waals surface area contributed by atoms with Crippen molar-refractivity contribution >= 4 is 17.9 Å². The lowest BCUT2D eigenvalue weighted by Gasteiger charge is -1.96. The molecule has 2 aromatic rings. The van der Waals surface area contributed by atoms with Crippen molar-refractivity contribution in [3.8, 4) is 11.3 Å². The number of hydrogen-bond donors (Lipinski definition) is 2. The van der Waals surface area contributed by atoms with Gasteiger partial charge in [0.1, 0.15) is 10.6 Å². The standard InChI is InChI=1S/C9H8N2O2S/c10-9-8(14-12)7(11-13-9)6-4-2-1-3-5-6/h1-5,12H,10H2. The molecule has 1 aromatic heterocycles. The SMILES string of the molecule is Nc1onc(-c2ccccc2)c1SO. The number of aromatic nitrogens is 1. The highest BCUT2D eigenvalue weighted by atomic mass is 32.2. The highest BCUT2D eigenvalue weighted by molar-refractivity contribution is 7.94. The highest BCUT2D eigenvalue weighted by Crippen LogP contribution is 2.33. The van der Waals surface area contributed by atoms with E-state index in [0.29, 0.717) is 22.6 Å². The molecular formula is C9H8N2O2S. The van der Waals surface area contributed by atoms with Crippen LogP contribution in [-0.2, 0) is 0 Å². The fourth-order valence-corrected chi connectivity index (χ4v) is 1.53. The van der Waals surface area contributed by atoms with E-state index in [1.807, 2.05) is 30.3 Å². The Labute approximate surface area is 84.9 Å². The van der Waals surface area contributed by atoms with Gasteiger partial charge in [0.05, 0.1) is 0 Å². The van der Waals surface area contributed by atoms with Gasteiger partial charge in [-0.05, 0) is 0 Å². The first kappa shape index (κ1) is 9.11. The highest BCUT2D eigenvalue weighted by Gasteiger charge is 2.14. The van der Waals surface area contributed by atoms with Crippen LogP contribution < -0.4 is 5.73 Å². The second kappa shape index (κ2) is 3.73. The van der Waals surface area contributed by atoms with Crippen molar-refractivity contribution < 1.29 is 9.08 Å². The Bertz CT molecular complexity index is 428. The Kier molecular flexibility index (Phi) is 2.43. The van der Waals surface area contributed by atoms with E-state index in [1.54, 1.807) is 0 Å². The molecule has 2 rings (SSSR count). The van der Waals surface area contributed by atoms with Gasteiger partial charge in [0.15, 0.2) is 0 Å². The first-order valence-corrected chi connectivity index (χ1v) is 4.72. The fraction of sp³-hybridized carbons (Fsp3) is 0. The summed E-state index contributed by atoms with van der Waals surface area (Å²) in [5.74, 6) is 0.136. The van der Waals surface area contributed by atoms with Crippen LogP contribution in [0.1, 0.15) is 0 Å². The van der Waals surface area contributed by atoms with Crippen LogP contribution >= 0.6 is 12.0 Å². The molecule has 0 amide bonds. The van der Waals surface area contributed by atoms with E-state index in [1.165, 1.54) is 0 Å². The van der Waals surface area contributed by atoms with Gasteiger partial charge < -0.3 is 14.8 Å². The summed E-state index contributed by atoms with van der Waals surface area (Å²) in [5.41, 5.74) is 6.91. The van der Waals surface area contributed by atoms with Crippen molar-refractivity contribution in [3.05, 3.63) is 30.3 Å². The Morgan fingerprint density at radius 2 is 2.00 bits per heavy atom. The van der Waals surface area contributed by atoms with Gasteiger partial charge in [0.25, 0.3) is 0 Å². The maximum atomic E-state index is 8.99. The van der Waals surface area contributed by atoms with E-state index in [2.05, 4.69) is 5.16 Å². The molecule has 0 atom stereocenters. The normalized spacial score (nSPS) is 10.4. The number of rotatable bonds is 2. The van der Waals surface area contributed by atoms with Gasteiger partial charge in [-0.2, -0.15) is 0 Å². The van der Waals surface area contributed by atoms with Crippen LogP contribution in [0.2, 0.25) is 0 Å². The van der Waals surface area contributed by atoms with Crippen molar-refractivity contribution in [2.24, 2.45) is 0 Å². The second-order valence-corrected chi connectivity index (χ2v) is 3.27. The molecule has 0 saturated heterocycles. The molecular weight excluding hydrogens is 200 g/mol. The van der Waals surface area contributed by atoms with Gasteiger partial charge in [-0.3, -0.25) is 0 Å². The molecule has 0 aliphatic rings. The number of hydrogen-bond acceptors (Lipinski definition) is 5. The number of benzene rings is 1. The third-order valence-electron chi connectivity index (χ3n) is 1.81. The van der Waals surface area contributed by atoms with Crippen LogP contribution in [-0.4, -0.2) is 9.71 Å². The molecule has 14 heavy (non-hydrogen) atoms. The lowest BCUT2D eigenvalue weighted by atomic mass is 10.1. The Morgan fingerprint density at radius 3 is 2.64 bits per heavy atom. The summed E-state index contributed by atoms with van der Waals surface area (Å²) in [6, 6.07) is 9.41. The van der Waals surface area contributed by atoms with Crippen LogP contribution in [0.15, 0.2) is 39.8 Å². The molecule has 0 bridgehead atoms. The molecule has 0 saturated carbocycles. The van der Waals surface area contributed by atoms with Gasteiger partial charge >= 0.3 is 0 Å². The Balaban J connectivity index is 2.52. The number of nitrogen functional groups attached to an aromatic ring is 1. The van der Waals surface area contributed by atoms with E-state index in [9.17, 15) is 0 Å². The van der Waals surface area contributed by atoms with E-state index >= 15 is 0 Å². The monoisotopic (exact) mass is 208 g/mol. The van der Waals surface area contributed by atoms with Crippen LogP contribution in [0, 0.1) is 0 Å². The summed E-state index contributed by atoms with van der Waals surface area (Å²) in [7, 11) is 0. The van der Waals surface area contributed by atoms with Crippen LogP contribution in [0.25, 0.3) is 11.3 Å². The van der Waals surface area contributed by atoms with Gasteiger partial charge in [0.2, 0.25) is 5.88 Å². The molecule has 0 aliphatic carbocycles. The largest absolute Gasteiger partial charge is 0.367 e. The fourth-order valence-electron chi connectivity index (χ4n) is 1.16. The summed E-state index contributed by atoms with van der Waals surface area (Å²) in [4.78, 5) is 0.455. The van der Waals surface area contributed by atoms with E-state index in [4.69, 9.17) is 14.8 Å². The average molecular weight is 208 g/mol. The smallest absolute Gasteiger partial charge is 0.238 e. The number of anilines is 1. The first-order valence-electron chi connectivity index (χ1n) is 3.95. The van der Waals surface area contributed by atoms with Gasteiger partial charge in [0, 0.05) is 17.6 Å². The molecule has 0 aliphatic heterocycles. The molecule has 0 fully saturated rings. The summed E-state index contributed by atoms with van der Waals surface area (Å²) in [6.45, 7) is 0. The van der Waals surface area contributed by atoms with Gasteiger partial charge in [-0.15, -0.1) is 0 Å². The maximum Gasteiger partial charge on any atom is 0.238 e. The number of nitrogens with zero attached hydrogens (tertiary/aromatic N) is 1. The zero-order chi connectivity index (χ0) is 9.97. The molecule has 0 unspecified atom stereocenters. The third-order valence-corrected chi connectivity index (χ3v) is 2.39. The van der Waals surface area contributed by atoms with Crippen molar-refractivity contribution in [2.45, 2.75) is 4.90 Å². The zero-order valence-electron chi connectivity index (χ0n) is 7.18. The molecule has 1 aromatic carbocycles. The molecule has 4 nitrogen and oxygen atoms in total. The molecule has 72 valence electrons. The van der Waals surface area contributed by atoms with Crippen molar-refractivity contribution in [1.82, 2.24) is 5.16 Å². The second-order valence-electron chi connectivity index (χ2n) is 2.68. The lowest BCUT2D eigenvalue weighted by molar-refractivity contribution is 0.438. The summed E-state index contributed by atoms with van der Waals surface area (Å²) in [6.07, 6.45) is 0. The zero-order valence-corrected chi connectivity index (χ0v) is 7.99. The van der Waals surface area contributed by atoms with E-state index in [0.717, 1.165) is 5.56 Å². The van der Waals surface area contributed by atoms with Crippen molar-refractivity contribution in [3.63, 3.8) is 0 Å². The molecule has 1 heterocycles. The predicted molar refractivity (Wildman–Crippen MR) is 54.8 cm³/mol. The van der Waals surface area contributed by atoms with Crippen LogP contribution in [0.5, 0.6) is 0 Å². The predicted octanol–water partition coefficient (Wildman–Crippen LogP) is 2.49. The quantitative estimate of drug-likeness (QED) is 0.742. The minimum absolute atomic E-state index is 0.136. The van der Waals surface area contributed by atoms with Crippen LogP contribution in [0.4, 0.5) is 5.88 Å². The summed E-state index contributed by atoms with van der Waals surface area (Å²) < 4.78 is 13.8. The molecule has 0 radical (unpaired) electrons. The lowest BCUT2D eigenvalue weighted by Crippen LogP contribution is -1.83. The summed E-state index contributed by atoms with van der Waals surface area (Å²) >= 11 is 0.542. The minimum Gasteiger partial charge on any atom is -0.367 e. The molecule has 0 spiro atoms. The van der Waals surface area contributed by atoms with Crippen molar-refractivity contribution in [1.29, 1.82) is 0 Å². The van der Waals surface area contributed by atoms with Crippen molar-refractivity contribution in [2.75, 3.05) is 5.73 Å². The molecule has 5 heteroatoms. The topological polar surface area (TPSA) is 72.3 Å². The van der Waals surface area contributed by atoms with Crippen LogP contribution in [0.3, 0.4) is 0 Å². The first-order chi connectivity index (χ1) is 6.83. The molecule has 3 N–H and O–H groups in total. The number of nitrogens with two attached hydrogens (primary N) is 1. The van der Waals surface area contributed by atoms with E-state index < -0.39 is 0 Å². The minimum atomic E-state index is 0.136. The third kappa shape index (κ3) is 1.47. The average Bonchev–Trinajstić information content (AvgIpc) is 2.61. The van der Waals surface area contributed by atoms with E-state index in [-0.39, 0.29) is 5.88 Å². The van der Waals surface area contributed by atoms with Gasteiger partial charge in [-0.1, -0.05) is 35.5 Å². The summed E-state index contributed by atoms with van der Waals surface area (Å²) in [5, 5.41) is 3.78.